The molecule has 7 nitrogen and oxygen atoms in total. The molecule has 2 N–H and O–H groups in total. The number of sulfone groups is 1. The van der Waals surface area contributed by atoms with Crippen LogP contribution in [0.5, 0.6) is 0 Å². The Bertz CT molecular complexity index is 704. The summed E-state index contributed by atoms with van der Waals surface area (Å²) in [6.45, 7) is 1.88. The Morgan fingerprint density at radius 2 is 1.95 bits per heavy atom. The van der Waals surface area contributed by atoms with E-state index in [9.17, 15) is 21.6 Å². The van der Waals surface area contributed by atoms with E-state index < -0.39 is 37.6 Å². The molecule has 1 atom stereocenters. The Balaban J connectivity index is 2.89. The molecule has 0 amide bonds. The first-order valence-corrected chi connectivity index (χ1v) is 10.4. The first kappa shape index (κ1) is 18.1. The highest BCUT2D eigenvalue weighted by molar-refractivity contribution is 7.91. The van der Waals surface area contributed by atoms with Gasteiger partial charge in [0.05, 0.1) is 5.75 Å². The lowest BCUT2D eigenvalue weighted by Crippen LogP contribution is -2.41. The fraction of sp³-hybridized carbons (Fsp3) is 0.545. The van der Waals surface area contributed by atoms with Crippen LogP contribution >= 0.6 is 11.3 Å². The second kappa shape index (κ2) is 6.86. The zero-order valence-corrected chi connectivity index (χ0v) is 14.0. The summed E-state index contributed by atoms with van der Waals surface area (Å²) in [6, 6.07) is 1.59. The van der Waals surface area contributed by atoms with E-state index in [0.717, 1.165) is 22.5 Å². The molecule has 120 valence electrons. The third-order valence-electron chi connectivity index (χ3n) is 2.62. The van der Waals surface area contributed by atoms with Gasteiger partial charge in [0, 0.05) is 11.1 Å². The van der Waals surface area contributed by atoms with E-state index in [1.165, 1.54) is 6.07 Å². The van der Waals surface area contributed by atoms with Gasteiger partial charge in [-0.1, -0.05) is 6.92 Å². The van der Waals surface area contributed by atoms with Crippen LogP contribution in [0.3, 0.4) is 0 Å². The number of thiophene rings is 1. The fourth-order valence-corrected chi connectivity index (χ4v) is 4.70. The standard InChI is InChI=1S/C11H17NO6S3/c1-3-8-4-5-10(19-8)21(17,18)12-9(11(13)14)6-7-20(2,15)16/h4-5,9,12H,3,6-7H2,1-2H3,(H,13,14). The monoisotopic (exact) mass is 355 g/mol. The van der Waals surface area contributed by atoms with Gasteiger partial charge < -0.3 is 5.11 Å². The van der Waals surface area contributed by atoms with Crippen LogP contribution in [0.1, 0.15) is 18.2 Å². The van der Waals surface area contributed by atoms with Crippen LogP contribution in [0.2, 0.25) is 0 Å². The normalized spacial score (nSPS) is 14.0. The first-order chi connectivity index (χ1) is 9.55. The highest BCUT2D eigenvalue weighted by Gasteiger charge is 2.27. The molecular weight excluding hydrogens is 338 g/mol. The van der Waals surface area contributed by atoms with Crippen molar-refractivity contribution in [3.05, 3.63) is 17.0 Å². The van der Waals surface area contributed by atoms with Gasteiger partial charge in [-0.15, -0.1) is 11.3 Å². The predicted octanol–water partition coefficient (Wildman–Crippen LogP) is 0.477. The summed E-state index contributed by atoms with van der Waals surface area (Å²) in [5.41, 5.74) is 0. The average Bonchev–Trinajstić information content (AvgIpc) is 2.82. The van der Waals surface area contributed by atoms with Crippen LogP contribution in [0.4, 0.5) is 0 Å². The molecule has 1 aromatic rings. The number of carbonyl (C=O) groups is 1. The van der Waals surface area contributed by atoms with Crippen LogP contribution in [-0.2, 0) is 31.1 Å². The lowest BCUT2D eigenvalue weighted by atomic mass is 10.2. The molecule has 0 radical (unpaired) electrons. The topological polar surface area (TPSA) is 118 Å². The summed E-state index contributed by atoms with van der Waals surface area (Å²) in [5.74, 6) is -1.81. The van der Waals surface area contributed by atoms with Gasteiger partial charge in [-0.2, -0.15) is 4.72 Å². The molecule has 0 saturated heterocycles. The number of hydrogen-bond donors (Lipinski definition) is 2. The molecule has 0 saturated carbocycles. The van der Waals surface area contributed by atoms with Crippen molar-refractivity contribution < 1.29 is 26.7 Å². The summed E-state index contributed by atoms with van der Waals surface area (Å²) < 4.78 is 48.4. The van der Waals surface area contributed by atoms with Gasteiger partial charge >= 0.3 is 5.97 Å². The molecule has 1 aromatic heterocycles. The molecule has 0 spiro atoms. The van der Waals surface area contributed by atoms with Crippen molar-refractivity contribution in [3.63, 3.8) is 0 Å². The maximum Gasteiger partial charge on any atom is 0.321 e. The molecule has 1 unspecified atom stereocenters. The van der Waals surface area contributed by atoms with Gasteiger partial charge in [-0.25, -0.2) is 16.8 Å². The smallest absolute Gasteiger partial charge is 0.321 e. The second-order valence-corrected chi connectivity index (χ2v) is 9.87. The van der Waals surface area contributed by atoms with Crippen LogP contribution in [-0.4, -0.2) is 46.0 Å². The summed E-state index contributed by atoms with van der Waals surface area (Å²) in [4.78, 5) is 11.9. The minimum Gasteiger partial charge on any atom is -0.480 e. The highest BCUT2D eigenvalue weighted by atomic mass is 32.2. The molecule has 0 aliphatic heterocycles. The number of rotatable bonds is 8. The van der Waals surface area contributed by atoms with Crippen LogP contribution in [0, 0.1) is 0 Å². The van der Waals surface area contributed by atoms with Crippen molar-refractivity contribution in [1.82, 2.24) is 4.72 Å². The van der Waals surface area contributed by atoms with E-state index in [1.807, 2.05) is 11.6 Å². The number of nitrogens with one attached hydrogen (secondary N) is 1. The summed E-state index contributed by atoms with van der Waals surface area (Å²) in [6.07, 6.45) is 1.32. The van der Waals surface area contributed by atoms with Crippen molar-refractivity contribution in [3.8, 4) is 0 Å². The molecule has 0 aliphatic carbocycles. The van der Waals surface area contributed by atoms with Gasteiger partial charge in [0.1, 0.15) is 20.1 Å². The molecule has 0 fully saturated rings. The Morgan fingerprint density at radius 3 is 2.38 bits per heavy atom. The van der Waals surface area contributed by atoms with Crippen molar-refractivity contribution in [2.45, 2.75) is 30.0 Å². The quantitative estimate of drug-likeness (QED) is 0.700. The van der Waals surface area contributed by atoms with Gasteiger partial charge in [-0.05, 0) is 25.0 Å². The number of carboxylic acid groups (broad SMARTS) is 1. The molecule has 0 aliphatic rings. The van der Waals surface area contributed by atoms with Crippen molar-refractivity contribution in [1.29, 1.82) is 0 Å². The van der Waals surface area contributed by atoms with Crippen molar-refractivity contribution >= 4 is 37.2 Å². The first-order valence-electron chi connectivity index (χ1n) is 6.06. The summed E-state index contributed by atoms with van der Waals surface area (Å²) in [5, 5.41) is 9.01. The van der Waals surface area contributed by atoms with Gasteiger partial charge in [0.25, 0.3) is 10.0 Å². The van der Waals surface area contributed by atoms with E-state index in [-0.39, 0.29) is 10.6 Å². The largest absolute Gasteiger partial charge is 0.480 e. The SMILES string of the molecule is CCc1ccc(S(=O)(=O)NC(CCS(C)(=O)=O)C(=O)O)s1. The van der Waals surface area contributed by atoms with E-state index in [2.05, 4.69) is 0 Å². The zero-order chi connectivity index (χ0) is 16.3. The number of aryl methyl sites for hydroxylation is 1. The molecule has 0 bridgehead atoms. The zero-order valence-electron chi connectivity index (χ0n) is 11.6. The molecule has 1 rings (SSSR count). The average molecular weight is 355 g/mol. The third-order valence-corrected chi connectivity index (χ3v) is 6.79. The van der Waals surface area contributed by atoms with Crippen molar-refractivity contribution in [2.24, 2.45) is 0 Å². The maximum atomic E-state index is 12.1. The van der Waals surface area contributed by atoms with Gasteiger partial charge in [0.2, 0.25) is 0 Å². The Labute approximate surface area is 128 Å². The number of aliphatic carboxylic acids is 1. The van der Waals surface area contributed by atoms with E-state index in [0.29, 0.717) is 6.42 Å². The van der Waals surface area contributed by atoms with Gasteiger partial charge in [0.15, 0.2) is 0 Å². The third kappa shape index (κ3) is 5.73. The minimum atomic E-state index is -3.97. The van der Waals surface area contributed by atoms with Crippen LogP contribution in [0.15, 0.2) is 16.3 Å². The molecule has 1 heterocycles. The van der Waals surface area contributed by atoms with Crippen molar-refractivity contribution in [2.75, 3.05) is 12.0 Å². The second-order valence-electron chi connectivity index (χ2n) is 4.50. The molecule has 0 aromatic carbocycles. The lowest BCUT2D eigenvalue weighted by Gasteiger charge is -2.13. The van der Waals surface area contributed by atoms with E-state index in [1.54, 1.807) is 6.07 Å². The minimum absolute atomic E-state index is 0.0185. The predicted molar refractivity (Wildman–Crippen MR) is 79.8 cm³/mol. The highest BCUT2D eigenvalue weighted by Crippen LogP contribution is 2.22. The summed E-state index contributed by atoms with van der Waals surface area (Å²) in [7, 11) is -7.34. The Kier molecular flexibility index (Phi) is 5.91. The number of carboxylic acids is 1. The molecular formula is C11H17NO6S3. The molecule has 10 heteroatoms. The van der Waals surface area contributed by atoms with Gasteiger partial charge in [-0.3, -0.25) is 4.79 Å². The Hall–Kier alpha value is -0.970. The Morgan fingerprint density at radius 1 is 1.33 bits per heavy atom. The lowest BCUT2D eigenvalue weighted by molar-refractivity contribution is -0.139. The van der Waals surface area contributed by atoms with E-state index in [4.69, 9.17) is 5.11 Å². The van der Waals surface area contributed by atoms with Crippen LogP contribution in [0.25, 0.3) is 0 Å². The molecule has 21 heavy (non-hydrogen) atoms. The maximum absolute atomic E-state index is 12.1. The number of hydrogen-bond acceptors (Lipinski definition) is 6. The fourth-order valence-electron chi connectivity index (χ4n) is 1.50. The van der Waals surface area contributed by atoms with Crippen LogP contribution < -0.4 is 4.72 Å². The summed E-state index contributed by atoms with van der Waals surface area (Å²) >= 11 is 1.06. The van der Waals surface area contributed by atoms with E-state index >= 15 is 0 Å². The number of sulfonamides is 1.